The van der Waals surface area contributed by atoms with Gasteiger partial charge in [-0.05, 0) is 38.1 Å². The lowest BCUT2D eigenvalue weighted by Gasteiger charge is -1.97. The first kappa shape index (κ1) is 13.7. The van der Waals surface area contributed by atoms with Crippen molar-refractivity contribution in [3.8, 4) is 5.88 Å². The van der Waals surface area contributed by atoms with Gasteiger partial charge < -0.3 is 10.1 Å². The van der Waals surface area contributed by atoms with Crippen molar-refractivity contribution in [3.63, 3.8) is 0 Å². The number of aromatic amines is 1. The Kier molecular flexibility index (Phi) is 3.42. The Morgan fingerprint density at radius 1 is 1.10 bits per heavy atom. The zero-order chi connectivity index (χ0) is 15.0. The Morgan fingerprint density at radius 3 is 2.52 bits per heavy atom. The molecular weight excluding hydrogens is 334 g/mol. The van der Waals surface area contributed by atoms with Crippen LogP contribution in [0, 0.1) is 13.8 Å². The average Bonchev–Trinajstić information content (AvgIpc) is 2.70. The predicted octanol–water partition coefficient (Wildman–Crippen LogP) is 4.46. The molecule has 21 heavy (non-hydrogen) atoms. The molecule has 0 radical (unpaired) electrons. The second-order valence-corrected chi connectivity index (χ2v) is 5.58. The molecule has 2 N–H and O–H groups in total. The molecule has 0 bridgehead atoms. The molecule has 0 aliphatic heterocycles. The largest absolute Gasteiger partial charge is 0.493 e. The van der Waals surface area contributed by atoms with Crippen molar-refractivity contribution >= 4 is 38.5 Å². The molecule has 0 fully saturated rings. The van der Waals surface area contributed by atoms with Crippen molar-refractivity contribution in [1.82, 2.24) is 15.0 Å². The summed E-state index contributed by atoms with van der Waals surface area (Å²) in [6, 6.07) is 7.46. The quantitative estimate of drug-likeness (QED) is 0.672. The number of hydrogen-bond acceptors (Lipinski definition) is 5. The number of aryl methyl sites for hydroxylation is 2. The molecule has 0 spiro atoms. The first-order valence-corrected chi connectivity index (χ1v) is 7.06. The van der Waals surface area contributed by atoms with Gasteiger partial charge in [0, 0.05) is 21.2 Å². The predicted molar refractivity (Wildman–Crippen MR) is 83.3 cm³/mol. The zero-order valence-electron chi connectivity index (χ0n) is 11.4. The second kappa shape index (κ2) is 5.25. The van der Waals surface area contributed by atoms with Gasteiger partial charge in [-0.15, -0.1) is 10.2 Å². The third-order valence-corrected chi connectivity index (χ3v) is 3.42. The normalized spacial score (nSPS) is 11.6. The Labute approximate surface area is 129 Å². The smallest absolute Gasteiger partial charge is 0.269 e. The number of halogens is 1. The summed E-state index contributed by atoms with van der Waals surface area (Å²) in [7, 11) is 0. The summed E-state index contributed by atoms with van der Waals surface area (Å²) in [5.41, 5.74) is 2.80. The first-order valence-electron chi connectivity index (χ1n) is 6.27. The van der Waals surface area contributed by atoms with Crippen LogP contribution in [-0.4, -0.2) is 20.1 Å². The van der Waals surface area contributed by atoms with Crippen molar-refractivity contribution < 1.29 is 5.11 Å². The van der Waals surface area contributed by atoms with Gasteiger partial charge in [0.15, 0.2) is 5.69 Å². The number of hydrogen-bond donors (Lipinski definition) is 2. The zero-order valence-corrected chi connectivity index (χ0v) is 13.0. The van der Waals surface area contributed by atoms with Gasteiger partial charge in [-0.25, -0.2) is 9.97 Å². The summed E-state index contributed by atoms with van der Waals surface area (Å²) in [6.45, 7) is 3.74. The van der Waals surface area contributed by atoms with Crippen LogP contribution in [0.1, 0.15) is 11.4 Å². The van der Waals surface area contributed by atoms with Crippen LogP contribution in [0.5, 0.6) is 5.88 Å². The molecule has 0 saturated carbocycles. The van der Waals surface area contributed by atoms with E-state index in [1.807, 2.05) is 38.1 Å². The highest BCUT2D eigenvalue weighted by Crippen LogP contribution is 2.37. The van der Waals surface area contributed by atoms with E-state index >= 15 is 0 Å². The van der Waals surface area contributed by atoms with Crippen molar-refractivity contribution in [3.05, 3.63) is 40.1 Å². The first-order chi connectivity index (χ1) is 10.0. The van der Waals surface area contributed by atoms with E-state index in [1.165, 1.54) is 0 Å². The average molecular weight is 346 g/mol. The van der Waals surface area contributed by atoms with Crippen LogP contribution in [0.15, 0.2) is 39.0 Å². The molecule has 0 unspecified atom stereocenters. The van der Waals surface area contributed by atoms with Crippen LogP contribution >= 0.6 is 15.9 Å². The Hall–Kier alpha value is -2.28. The van der Waals surface area contributed by atoms with E-state index in [0.717, 1.165) is 26.8 Å². The molecule has 2 aromatic heterocycles. The van der Waals surface area contributed by atoms with Gasteiger partial charge in [-0.1, -0.05) is 15.9 Å². The summed E-state index contributed by atoms with van der Waals surface area (Å²) >= 11 is 3.40. The van der Waals surface area contributed by atoms with E-state index in [-0.39, 0.29) is 11.8 Å². The third-order valence-electron chi connectivity index (χ3n) is 2.92. The lowest BCUT2D eigenvalue weighted by atomic mass is 10.2. The molecule has 6 nitrogen and oxygen atoms in total. The lowest BCUT2D eigenvalue weighted by molar-refractivity contribution is 0.459. The summed E-state index contributed by atoms with van der Waals surface area (Å²) in [4.78, 5) is 11.2. The highest BCUT2D eigenvalue weighted by atomic mass is 79.9. The van der Waals surface area contributed by atoms with Gasteiger partial charge in [0.1, 0.15) is 0 Å². The number of aromatic hydroxyl groups is 1. The number of fused-ring (bicyclic) bond motifs is 1. The van der Waals surface area contributed by atoms with Crippen LogP contribution in [-0.2, 0) is 0 Å². The van der Waals surface area contributed by atoms with Gasteiger partial charge in [0.05, 0.1) is 5.52 Å². The minimum absolute atomic E-state index is 0.0313. The fourth-order valence-electron chi connectivity index (χ4n) is 2.08. The highest BCUT2D eigenvalue weighted by molar-refractivity contribution is 9.10. The number of rotatable bonds is 2. The lowest BCUT2D eigenvalue weighted by Crippen LogP contribution is -1.87. The molecule has 0 saturated heterocycles. The summed E-state index contributed by atoms with van der Waals surface area (Å²) in [5, 5.41) is 18.8. The van der Waals surface area contributed by atoms with E-state index in [2.05, 4.69) is 41.1 Å². The molecule has 7 heteroatoms. The molecule has 1 aromatic carbocycles. The molecule has 0 aliphatic carbocycles. The molecular formula is C14H12BrN5O. The SMILES string of the molecule is Cc1cc(C)nc(N=Nc2c(O)[nH]c3ccc(Br)cc23)n1. The van der Waals surface area contributed by atoms with Crippen LogP contribution in [0.2, 0.25) is 0 Å². The molecule has 106 valence electrons. The van der Waals surface area contributed by atoms with E-state index < -0.39 is 0 Å². The van der Waals surface area contributed by atoms with Gasteiger partial charge in [0.25, 0.3) is 5.95 Å². The van der Waals surface area contributed by atoms with Crippen LogP contribution in [0.4, 0.5) is 11.6 Å². The Morgan fingerprint density at radius 2 is 1.81 bits per heavy atom. The fraction of sp³-hybridized carbons (Fsp3) is 0.143. The Balaban J connectivity index is 2.06. The van der Waals surface area contributed by atoms with E-state index in [9.17, 15) is 5.11 Å². The minimum Gasteiger partial charge on any atom is -0.493 e. The van der Waals surface area contributed by atoms with Gasteiger partial charge in [-0.3, -0.25) is 0 Å². The second-order valence-electron chi connectivity index (χ2n) is 4.66. The summed E-state index contributed by atoms with van der Waals surface area (Å²) in [6.07, 6.45) is 0. The summed E-state index contributed by atoms with van der Waals surface area (Å²) in [5.74, 6) is 0.243. The maximum Gasteiger partial charge on any atom is 0.269 e. The van der Waals surface area contributed by atoms with E-state index in [4.69, 9.17) is 0 Å². The maximum absolute atomic E-state index is 9.95. The Bertz CT molecular complexity index is 836. The molecule has 3 rings (SSSR count). The number of benzene rings is 1. The summed E-state index contributed by atoms with van der Waals surface area (Å²) < 4.78 is 0.896. The minimum atomic E-state index is -0.0313. The highest BCUT2D eigenvalue weighted by Gasteiger charge is 2.11. The van der Waals surface area contributed by atoms with Crippen molar-refractivity contribution in [2.75, 3.05) is 0 Å². The van der Waals surface area contributed by atoms with Crippen molar-refractivity contribution in [1.29, 1.82) is 0 Å². The fourth-order valence-corrected chi connectivity index (χ4v) is 2.44. The van der Waals surface area contributed by atoms with Crippen LogP contribution in [0.3, 0.4) is 0 Å². The maximum atomic E-state index is 9.95. The number of nitrogens with one attached hydrogen (secondary N) is 1. The van der Waals surface area contributed by atoms with Crippen molar-refractivity contribution in [2.45, 2.75) is 13.8 Å². The van der Waals surface area contributed by atoms with Crippen LogP contribution < -0.4 is 0 Å². The van der Waals surface area contributed by atoms with E-state index in [1.54, 1.807) is 0 Å². The number of aromatic nitrogens is 3. The molecule has 0 atom stereocenters. The number of nitrogens with zero attached hydrogens (tertiary/aromatic N) is 4. The van der Waals surface area contributed by atoms with Gasteiger partial charge >= 0.3 is 0 Å². The third kappa shape index (κ3) is 2.78. The molecule has 0 aliphatic rings. The van der Waals surface area contributed by atoms with Gasteiger partial charge in [0.2, 0.25) is 5.88 Å². The standard InChI is InChI=1S/C14H12BrN5O/c1-7-5-8(2)17-14(16-7)20-19-12-10-6-9(15)3-4-11(10)18-13(12)21/h3-6,18,21H,1-2H3. The number of azo groups is 1. The van der Waals surface area contributed by atoms with E-state index in [0.29, 0.717) is 5.69 Å². The number of H-pyrrole nitrogens is 1. The molecule has 3 aromatic rings. The van der Waals surface area contributed by atoms with Gasteiger partial charge in [-0.2, -0.15) is 0 Å². The topological polar surface area (TPSA) is 86.5 Å². The van der Waals surface area contributed by atoms with Crippen LogP contribution in [0.25, 0.3) is 10.9 Å². The monoisotopic (exact) mass is 345 g/mol. The van der Waals surface area contributed by atoms with Crippen molar-refractivity contribution in [2.24, 2.45) is 10.2 Å². The molecule has 0 amide bonds. The molecule has 2 heterocycles.